The van der Waals surface area contributed by atoms with Crippen molar-refractivity contribution in [2.75, 3.05) is 10.0 Å². The zero-order valence-electron chi connectivity index (χ0n) is 12.9. The van der Waals surface area contributed by atoms with E-state index in [4.69, 9.17) is 0 Å². The van der Waals surface area contributed by atoms with E-state index in [0.717, 1.165) is 25.0 Å². The molecular weight excluding hydrogens is 352 g/mol. The van der Waals surface area contributed by atoms with E-state index in [1.165, 1.54) is 24.3 Å². The average Bonchev–Trinajstić information content (AvgIpc) is 3.32. The summed E-state index contributed by atoms with van der Waals surface area (Å²) in [4.78, 5) is 11.0. The lowest BCUT2D eigenvalue weighted by atomic mass is 10.3. The first-order valence-corrected chi connectivity index (χ1v) is 8.97. The second-order valence-electron chi connectivity index (χ2n) is 5.63. The number of nitrogens with one attached hydrogen (secondary N) is 3. The molecule has 1 aliphatic rings. The molecule has 25 heavy (non-hydrogen) atoms. The average molecular weight is 367 g/mol. The van der Waals surface area contributed by atoms with Gasteiger partial charge in [-0.25, -0.2) is 22.0 Å². The highest BCUT2D eigenvalue weighted by Crippen LogP contribution is 2.22. The number of urea groups is 1. The molecule has 1 saturated carbocycles. The van der Waals surface area contributed by atoms with Crippen molar-refractivity contribution < 1.29 is 22.0 Å². The minimum atomic E-state index is -4.20. The molecule has 1 fully saturated rings. The second kappa shape index (κ2) is 6.67. The zero-order valence-corrected chi connectivity index (χ0v) is 13.7. The van der Waals surface area contributed by atoms with E-state index in [2.05, 4.69) is 15.4 Å². The van der Waals surface area contributed by atoms with E-state index >= 15 is 0 Å². The Morgan fingerprint density at radius 3 is 2.24 bits per heavy atom. The predicted molar refractivity (Wildman–Crippen MR) is 88.8 cm³/mol. The fourth-order valence-electron chi connectivity index (χ4n) is 2.11. The fourth-order valence-corrected chi connectivity index (χ4v) is 3.22. The summed E-state index contributed by atoms with van der Waals surface area (Å²) in [6.07, 6.45) is 1.93. The largest absolute Gasteiger partial charge is 0.335 e. The first kappa shape index (κ1) is 17.2. The van der Waals surface area contributed by atoms with Gasteiger partial charge in [-0.1, -0.05) is 0 Å². The van der Waals surface area contributed by atoms with Crippen molar-refractivity contribution in [3.63, 3.8) is 0 Å². The third-order valence-electron chi connectivity index (χ3n) is 3.49. The van der Waals surface area contributed by atoms with Crippen LogP contribution >= 0.6 is 0 Å². The standard InChI is InChI=1S/C16H15F2N3O3S/c17-10-1-8-15(14(18)9-10)25(23,24)21-13-6-4-12(5-7-13)20-16(22)19-11-2-3-11/h1,4-9,11,21H,2-3H2,(H2,19,20,22). The van der Waals surface area contributed by atoms with Crippen LogP contribution in [0.15, 0.2) is 47.4 Å². The maximum Gasteiger partial charge on any atom is 0.319 e. The van der Waals surface area contributed by atoms with Crippen LogP contribution in [0.4, 0.5) is 25.0 Å². The quantitative estimate of drug-likeness (QED) is 0.759. The van der Waals surface area contributed by atoms with Crippen LogP contribution in [0.25, 0.3) is 0 Å². The summed E-state index contributed by atoms with van der Waals surface area (Å²) >= 11 is 0. The molecule has 6 nitrogen and oxygen atoms in total. The van der Waals surface area contributed by atoms with E-state index in [1.54, 1.807) is 0 Å². The van der Waals surface area contributed by atoms with Gasteiger partial charge in [0.1, 0.15) is 16.5 Å². The Morgan fingerprint density at radius 1 is 1.00 bits per heavy atom. The van der Waals surface area contributed by atoms with Gasteiger partial charge in [0.2, 0.25) is 0 Å². The molecule has 0 bridgehead atoms. The van der Waals surface area contributed by atoms with E-state index in [-0.39, 0.29) is 17.8 Å². The highest BCUT2D eigenvalue weighted by Gasteiger charge is 2.23. The van der Waals surface area contributed by atoms with Gasteiger partial charge >= 0.3 is 6.03 Å². The topological polar surface area (TPSA) is 87.3 Å². The molecule has 3 rings (SSSR count). The van der Waals surface area contributed by atoms with Crippen molar-refractivity contribution >= 4 is 27.4 Å². The summed E-state index contributed by atoms with van der Waals surface area (Å²) in [6.45, 7) is 0. The molecule has 0 heterocycles. The number of amides is 2. The Labute approximate surface area is 143 Å². The van der Waals surface area contributed by atoms with Crippen LogP contribution in [-0.2, 0) is 10.0 Å². The summed E-state index contributed by atoms with van der Waals surface area (Å²) in [5, 5.41) is 5.37. The molecule has 2 aromatic carbocycles. The molecule has 3 N–H and O–H groups in total. The Balaban J connectivity index is 1.68. The first-order chi connectivity index (χ1) is 11.8. The third-order valence-corrected chi connectivity index (χ3v) is 4.91. The van der Waals surface area contributed by atoms with E-state index in [0.29, 0.717) is 11.8 Å². The normalized spacial score (nSPS) is 14.0. The summed E-state index contributed by atoms with van der Waals surface area (Å²) in [5.41, 5.74) is 0.658. The third kappa shape index (κ3) is 4.44. The van der Waals surface area contributed by atoms with Crippen molar-refractivity contribution in [1.82, 2.24) is 5.32 Å². The first-order valence-electron chi connectivity index (χ1n) is 7.49. The van der Waals surface area contributed by atoms with Crippen LogP contribution in [0.2, 0.25) is 0 Å². The molecule has 0 saturated heterocycles. The Hall–Kier alpha value is -2.68. The molecule has 0 aromatic heterocycles. The van der Waals surface area contributed by atoms with Crippen molar-refractivity contribution in [2.45, 2.75) is 23.8 Å². The number of carbonyl (C=O) groups excluding carboxylic acids is 1. The molecule has 1 aliphatic carbocycles. The molecule has 2 amide bonds. The van der Waals surface area contributed by atoms with E-state index in [9.17, 15) is 22.0 Å². The number of anilines is 2. The number of hydrogen-bond acceptors (Lipinski definition) is 3. The molecular formula is C16H15F2N3O3S. The lowest BCUT2D eigenvalue weighted by Gasteiger charge is -2.10. The van der Waals surface area contributed by atoms with E-state index < -0.39 is 26.6 Å². The number of benzene rings is 2. The molecule has 132 valence electrons. The van der Waals surface area contributed by atoms with Gasteiger partial charge in [-0.3, -0.25) is 4.72 Å². The van der Waals surface area contributed by atoms with Crippen molar-refractivity contribution in [3.05, 3.63) is 54.1 Å². The number of rotatable bonds is 5. The maximum absolute atomic E-state index is 13.7. The molecule has 9 heteroatoms. The van der Waals surface area contributed by atoms with Crippen LogP contribution in [0.3, 0.4) is 0 Å². The lowest BCUT2D eigenvalue weighted by molar-refractivity contribution is 0.251. The SMILES string of the molecule is O=C(Nc1ccc(NS(=O)(=O)c2ccc(F)cc2F)cc1)NC1CC1. The van der Waals surface area contributed by atoms with Crippen LogP contribution in [0.1, 0.15) is 12.8 Å². The summed E-state index contributed by atoms with van der Waals surface area (Å²) < 4.78 is 53.1. The lowest BCUT2D eigenvalue weighted by Crippen LogP contribution is -2.30. The summed E-state index contributed by atoms with van der Waals surface area (Å²) in [5.74, 6) is -2.04. The number of halogens is 2. The predicted octanol–water partition coefficient (Wildman–Crippen LogP) is 3.05. The van der Waals surface area contributed by atoms with Crippen LogP contribution < -0.4 is 15.4 Å². The van der Waals surface area contributed by atoms with Crippen LogP contribution in [0.5, 0.6) is 0 Å². The monoisotopic (exact) mass is 367 g/mol. The Bertz CT molecular complexity index is 897. The van der Waals surface area contributed by atoms with Gasteiger partial charge in [-0.05, 0) is 49.2 Å². The summed E-state index contributed by atoms with van der Waals surface area (Å²) in [7, 11) is -4.20. The van der Waals surface area contributed by atoms with Crippen molar-refractivity contribution in [3.8, 4) is 0 Å². The van der Waals surface area contributed by atoms with Gasteiger partial charge in [-0.2, -0.15) is 0 Å². The number of sulfonamides is 1. The molecule has 0 atom stereocenters. The van der Waals surface area contributed by atoms with Crippen molar-refractivity contribution in [1.29, 1.82) is 0 Å². The van der Waals surface area contributed by atoms with Gasteiger partial charge in [0.05, 0.1) is 0 Å². The molecule has 0 radical (unpaired) electrons. The number of carbonyl (C=O) groups is 1. The van der Waals surface area contributed by atoms with Crippen molar-refractivity contribution in [2.24, 2.45) is 0 Å². The van der Waals surface area contributed by atoms with Gasteiger partial charge in [-0.15, -0.1) is 0 Å². The van der Waals surface area contributed by atoms with E-state index in [1.807, 2.05) is 0 Å². The van der Waals surface area contributed by atoms with Crippen LogP contribution in [-0.4, -0.2) is 20.5 Å². The smallest absolute Gasteiger partial charge is 0.319 e. The highest BCUT2D eigenvalue weighted by atomic mass is 32.2. The van der Waals surface area contributed by atoms with Gasteiger partial charge in [0.15, 0.2) is 0 Å². The summed E-state index contributed by atoms with van der Waals surface area (Å²) in [6, 6.07) is 7.96. The fraction of sp³-hybridized carbons (Fsp3) is 0.188. The van der Waals surface area contributed by atoms with Crippen LogP contribution in [0, 0.1) is 11.6 Å². The van der Waals surface area contributed by atoms with Gasteiger partial charge in [0.25, 0.3) is 10.0 Å². The zero-order chi connectivity index (χ0) is 18.0. The minimum absolute atomic E-state index is 0.178. The highest BCUT2D eigenvalue weighted by molar-refractivity contribution is 7.92. The molecule has 2 aromatic rings. The molecule has 0 spiro atoms. The minimum Gasteiger partial charge on any atom is -0.335 e. The molecule has 0 aliphatic heterocycles. The number of hydrogen-bond donors (Lipinski definition) is 3. The van der Waals surface area contributed by atoms with Gasteiger partial charge < -0.3 is 10.6 Å². The molecule has 0 unspecified atom stereocenters. The Kier molecular flexibility index (Phi) is 4.58. The second-order valence-corrected chi connectivity index (χ2v) is 7.28. The Morgan fingerprint density at radius 2 is 1.64 bits per heavy atom. The maximum atomic E-state index is 13.7. The van der Waals surface area contributed by atoms with Gasteiger partial charge in [0, 0.05) is 23.5 Å².